The molecular weight excluding hydrogens is 319 g/mol. The molecule has 0 spiro atoms. The van der Waals surface area contributed by atoms with Gasteiger partial charge in [0.2, 0.25) is 5.91 Å². The molecule has 1 heterocycles. The molecule has 1 aromatic heterocycles. The molecule has 1 aromatic carbocycles. The maximum absolute atomic E-state index is 11.8. The highest BCUT2D eigenvalue weighted by molar-refractivity contribution is 7.99. The summed E-state index contributed by atoms with van der Waals surface area (Å²) in [5.41, 5.74) is 1.43. The number of hydrogen-bond donors (Lipinski definition) is 1. The number of rotatable bonds is 4. The van der Waals surface area contributed by atoms with E-state index in [0.29, 0.717) is 21.0 Å². The molecule has 0 saturated carbocycles. The maximum Gasteiger partial charge on any atom is 0.256 e. The zero-order chi connectivity index (χ0) is 14.7. The topological polar surface area (TPSA) is 55.1 Å². The average molecular weight is 331 g/mol. The molecule has 0 bridgehead atoms. The van der Waals surface area contributed by atoms with E-state index < -0.39 is 0 Å². The number of aromatic nitrogens is 1. The Morgan fingerprint density at radius 2 is 2.10 bits per heavy atom. The standard InChI is InChI=1S/C13H12Cl2N2O2S/c1-7-8(2)19-13(16-7)20-6-12(18)17-9-3-4-10(14)11(15)5-9/h3-5H,6H2,1-2H3,(H,17,18). The fraction of sp³-hybridized carbons (Fsp3) is 0.231. The van der Waals surface area contributed by atoms with Crippen LogP contribution in [-0.4, -0.2) is 16.6 Å². The quantitative estimate of drug-likeness (QED) is 0.847. The molecule has 0 radical (unpaired) electrons. The smallest absolute Gasteiger partial charge is 0.256 e. The lowest BCUT2D eigenvalue weighted by molar-refractivity contribution is -0.113. The molecule has 0 saturated heterocycles. The van der Waals surface area contributed by atoms with Crippen LogP contribution in [-0.2, 0) is 4.79 Å². The number of carbonyl (C=O) groups excluding carboxylic acids is 1. The summed E-state index contributed by atoms with van der Waals surface area (Å²) >= 11 is 12.9. The molecule has 106 valence electrons. The van der Waals surface area contributed by atoms with Crippen LogP contribution in [0, 0.1) is 13.8 Å². The van der Waals surface area contributed by atoms with Gasteiger partial charge in [0.25, 0.3) is 5.22 Å². The molecule has 1 amide bonds. The molecule has 7 heteroatoms. The van der Waals surface area contributed by atoms with Crippen molar-refractivity contribution < 1.29 is 9.21 Å². The third-order valence-corrected chi connectivity index (χ3v) is 4.11. The van der Waals surface area contributed by atoms with Crippen molar-refractivity contribution in [1.82, 2.24) is 4.98 Å². The number of anilines is 1. The van der Waals surface area contributed by atoms with Crippen LogP contribution in [0.25, 0.3) is 0 Å². The number of nitrogens with one attached hydrogen (secondary N) is 1. The van der Waals surface area contributed by atoms with Crippen molar-refractivity contribution in [2.24, 2.45) is 0 Å². The summed E-state index contributed by atoms with van der Waals surface area (Å²) in [6.45, 7) is 3.70. The van der Waals surface area contributed by atoms with Crippen molar-refractivity contribution >= 4 is 46.6 Å². The Morgan fingerprint density at radius 1 is 1.35 bits per heavy atom. The first-order valence-electron chi connectivity index (χ1n) is 5.77. The molecule has 0 atom stereocenters. The second kappa shape index (κ2) is 6.52. The molecule has 0 fully saturated rings. The Bertz CT molecular complexity index is 624. The summed E-state index contributed by atoms with van der Waals surface area (Å²) < 4.78 is 5.38. The van der Waals surface area contributed by atoms with Gasteiger partial charge < -0.3 is 9.73 Å². The molecule has 4 nitrogen and oxygen atoms in total. The molecule has 2 rings (SSSR count). The highest BCUT2D eigenvalue weighted by atomic mass is 35.5. The van der Waals surface area contributed by atoms with Gasteiger partial charge in [-0.1, -0.05) is 35.0 Å². The number of carbonyl (C=O) groups is 1. The molecule has 2 aromatic rings. The summed E-state index contributed by atoms with van der Waals surface area (Å²) in [4.78, 5) is 16.0. The second-order valence-electron chi connectivity index (χ2n) is 4.09. The van der Waals surface area contributed by atoms with Crippen LogP contribution in [0.1, 0.15) is 11.5 Å². The van der Waals surface area contributed by atoms with Crippen LogP contribution in [0.5, 0.6) is 0 Å². The molecule has 0 unspecified atom stereocenters. The zero-order valence-corrected chi connectivity index (χ0v) is 13.2. The number of amides is 1. The predicted molar refractivity (Wildman–Crippen MR) is 81.8 cm³/mol. The fourth-order valence-electron chi connectivity index (χ4n) is 1.40. The predicted octanol–water partition coefficient (Wildman–Crippen LogP) is 4.33. The van der Waals surface area contributed by atoms with Crippen molar-refractivity contribution in [3.05, 3.63) is 39.7 Å². The van der Waals surface area contributed by atoms with Crippen molar-refractivity contribution in [3.8, 4) is 0 Å². The largest absolute Gasteiger partial charge is 0.437 e. The van der Waals surface area contributed by atoms with Crippen LogP contribution in [0.4, 0.5) is 5.69 Å². The molecule has 20 heavy (non-hydrogen) atoms. The lowest BCUT2D eigenvalue weighted by Crippen LogP contribution is -2.13. The molecule has 0 aliphatic carbocycles. The Kier molecular flexibility index (Phi) is 4.96. The van der Waals surface area contributed by atoms with Crippen LogP contribution in [0.15, 0.2) is 27.8 Å². The lowest BCUT2D eigenvalue weighted by Gasteiger charge is -2.05. The Labute approximate surface area is 130 Å². The van der Waals surface area contributed by atoms with E-state index in [2.05, 4.69) is 10.3 Å². The van der Waals surface area contributed by atoms with E-state index in [0.717, 1.165) is 11.5 Å². The Balaban J connectivity index is 1.90. The first-order chi connectivity index (χ1) is 9.45. The van der Waals surface area contributed by atoms with E-state index in [1.54, 1.807) is 18.2 Å². The highest BCUT2D eigenvalue weighted by Crippen LogP contribution is 2.25. The Morgan fingerprint density at radius 3 is 2.70 bits per heavy atom. The number of hydrogen-bond acceptors (Lipinski definition) is 4. The number of thioether (sulfide) groups is 1. The summed E-state index contributed by atoms with van der Waals surface area (Å²) in [5.74, 6) is 0.805. The highest BCUT2D eigenvalue weighted by Gasteiger charge is 2.10. The summed E-state index contributed by atoms with van der Waals surface area (Å²) in [5, 5.41) is 4.07. The van der Waals surface area contributed by atoms with Crippen LogP contribution < -0.4 is 5.32 Å². The number of halogens is 2. The molecular formula is C13H12Cl2N2O2S. The van der Waals surface area contributed by atoms with E-state index >= 15 is 0 Å². The van der Waals surface area contributed by atoms with Gasteiger partial charge in [0.05, 0.1) is 21.5 Å². The van der Waals surface area contributed by atoms with Gasteiger partial charge in [-0.05, 0) is 32.0 Å². The van der Waals surface area contributed by atoms with E-state index in [1.807, 2.05) is 13.8 Å². The van der Waals surface area contributed by atoms with E-state index in [-0.39, 0.29) is 11.7 Å². The zero-order valence-electron chi connectivity index (χ0n) is 10.9. The van der Waals surface area contributed by atoms with Gasteiger partial charge in [-0.3, -0.25) is 4.79 Å². The van der Waals surface area contributed by atoms with Gasteiger partial charge in [0.1, 0.15) is 5.76 Å². The second-order valence-corrected chi connectivity index (χ2v) is 5.83. The average Bonchev–Trinajstić information content (AvgIpc) is 2.71. The van der Waals surface area contributed by atoms with Gasteiger partial charge in [-0.2, -0.15) is 0 Å². The third-order valence-electron chi connectivity index (χ3n) is 2.54. The van der Waals surface area contributed by atoms with Gasteiger partial charge in [0, 0.05) is 5.69 Å². The van der Waals surface area contributed by atoms with Crippen molar-refractivity contribution in [2.75, 3.05) is 11.1 Å². The molecule has 1 N–H and O–H groups in total. The number of oxazole rings is 1. The van der Waals surface area contributed by atoms with E-state index in [9.17, 15) is 4.79 Å². The minimum Gasteiger partial charge on any atom is -0.437 e. The monoisotopic (exact) mass is 330 g/mol. The Hall–Kier alpha value is -1.17. The van der Waals surface area contributed by atoms with Gasteiger partial charge in [-0.25, -0.2) is 4.98 Å². The van der Waals surface area contributed by atoms with Crippen molar-refractivity contribution in [3.63, 3.8) is 0 Å². The fourth-order valence-corrected chi connectivity index (χ4v) is 2.41. The van der Waals surface area contributed by atoms with E-state index in [1.165, 1.54) is 11.8 Å². The van der Waals surface area contributed by atoms with Crippen LogP contribution in [0.2, 0.25) is 10.0 Å². The lowest BCUT2D eigenvalue weighted by atomic mass is 10.3. The summed E-state index contributed by atoms with van der Waals surface area (Å²) in [6, 6.07) is 4.93. The SMILES string of the molecule is Cc1nc(SCC(=O)Nc2ccc(Cl)c(Cl)c2)oc1C. The van der Waals surface area contributed by atoms with Gasteiger partial charge in [-0.15, -0.1) is 0 Å². The maximum atomic E-state index is 11.8. The van der Waals surface area contributed by atoms with Crippen LogP contribution >= 0.6 is 35.0 Å². The minimum absolute atomic E-state index is 0.165. The summed E-state index contributed by atoms with van der Waals surface area (Å²) in [6.07, 6.45) is 0. The summed E-state index contributed by atoms with van der Waals surface area (Å²) in [7, 11) is 0. The van der Waals surface area contributed by atoms with Crippen molar-refractivity contribution in [1.29, 1.82) is 0 Å². The normalized spacial score (nSPS) is 10.6. The van der Waals surface area contributed by atoms with Gasteiger partial charge in [0.15, 0.2) is 0 Å². The number of benzene rings is 1. The third kappa shape index (κ3) is 3.91. The number of aryl methyl sites for hydroxylation is 2. The van der Waals surface area contributed by atoms with Crippen molar-refractivity contribution in [2.45, 2.75) is 19.1 Å². The first kappa shape index (κ1) is 15.2. The molecule has 0 aliphatic heterocycles. The number of nitrogens with zero attached hydrogens (tertiary/aromatic N) is 1. The minimum atomic E-state index is -0.165. The van der Waals surface area contributed by atoms with E-state index in [4.69, 9.17) is 27.6 Å². The van der Waals surface area contributed by atoms with Gasteiger partial charge >= 0.3 is 0 Å². The molecule has 0 aliphatic rings. The van der Waals surface area contributed by atoms with Crippen LogP contribution in [0.3, 0.4) is 0 Å². The first-order valence-corrected chi connectivity index (χ1v) is 7.51.